The van der Waals surface area contributed by atoms with Crippen LogP contribution in [0.2, 0.25) is 0 Å². The van der Waals surface area contributed by atoms with Gasteiger partial charge in [-0.05, 0) is 34.9 Å². The minimum Gasteiger partial charge on any atom is -0.394 e. The van der Waals surface area contributed by atoms with E-state index in [4.69, 9.17) is 9.84 Å². The van der Waals surface area contributed by atoms with Gasteiger partial charge in [-0.15, -0.1) is 11.3 Å². The van der Waals surface area contributed by atoms with Crippen molar-refractivity contribution in [3.05, 3.63) is 35.2 Å². The van der Waals surface area contributed by atoms with Gasteiger partial charge in [-0.1, -0.05) is 12.1 Å². The fourth-order valence-corrected chi connectivity index (χ4v) is 2.30. The molecule has 2 rings (SSSR count). The second-order valence-corrected chi connectivity index (χ2v) is 4.33. The summed E-state index contributed by atoms with van der Waals surface area (Å²) in [5, 5.41) is 12.0. The van der Waals surface area contributed by atoms with Crippen LogP contribution in [-0.2, 0) is 11.2 Å². The third-order valence-corrected chi connectivity index (χ3v) is 3.19. The lowest BCUT2D eigenvalue weighted by atomic mass is 10.1. The van der Waals surface area contributed by atoms with Crippen molar-refractivity contribution in [2.45, 2.75) is 6.42 Å². The number of hydrogen-bond acceptors (Lipinski definition) is 3. The molecule has 0 bridgehead atoms. The Kier molecular flexibility index (Phi) is 3.72. The van der Waals surface area contributed by atoms with E-state index in [2.05, 4.69) is 29.6 Å². The van der Waals surface area contributed by atoms with Crippen molar-refractivity contribution in [1.82, 2.24) is 0 Å². The average Bonchev–Trinajstić information content (AvgIpc) is 2.71. The maximum Gasteiger partial charge on any atom is 0.0697 e. The van der Waals surface area contributed by atoms with Crippen LogP contribution in [0.25, 0.3) is 10.1 Å². The van der Waals surface area contributed by atoms with E-state index in [0.29, 0.717) is 13.2 Å². The lowest BCUT2D eigenvalue weighted by Crippen LogP contribution is -2.02. The summed E-state index contributed by atoms with van der Waals surface area (Å²) in [5.74, 6) is 0. The van der Waals surface area contributed by atoms with E-state index in [9.17, 15) is 0 Å². The number of aliphatic hydroxyl groups excluding tert-OH is 1. The predicted molar refractivity (Wildman–Crippen MR) is 63.4 cm³/mol. The van der Waals surface area contributed by atoms with Crippen LogP contribution in [0, 0.1) is 0 Å². The number of rotatable bonds is 5. The molecule has 1 aromatic heterocycles. The van der Waals surface area contributed by atoms with Crippen LogP contribution in [0.1, 0.15) is 5.56 Å². The molecule has 3 heteroatoms. The van der Waals surface area contributed by atoms with Crippen molar-refractivity contribution in [2.75, 3.05) is 19.8 Å². The number of fused-ring (bicyclic) bond motifs is 1. The van der Waals surface area contributed by atoms with Gasteiger partial charge in [-0.25, -0.2) is 0 Å². The number of hydrogen-bond donors (Lipinski definition) is 1. The topological polar surface area (TPSA) is 29.5 Å². The molecule has 0 radical (unpaired) electrons. The van der Waals surface area contributed by atoms with Crippen LogP contribution in [0.4, 0.5) is 0 Å². The zero-order valence-corrected chi connectivity index (χ0v) is 9.30. The third-order valence-electron chi connectivity index (χ3n) is 2.29. The fraction of sp³-hybridized carbons (Fsp3) is 0.333. The molecule has 0 unspecified atom stereocenters. The summed E-state index contributed by atoms with van der Waals surface area (Å²) in [6, 6.07) is 8.63. The summed E-state index contributed by atoms with van der Waals surface area (Å²) in [7, 11) is 0. The number of aliphatic hydroxyl groups is 1. The molecule has 2 aromatic rings. The first kappa shape index (κ1) is 10.6. The Morgan fingerprint density at radius 2 is 2.13 bits per heavy atom. The largest absolute Gasteiger partial charge is 0.394 e. The normalized spacial score (nSPS) is 11.0. The Hall–Kier alpha value is -0.900. The maximum absolute atomic E-state index is 8.55. The van der Waals surface area contributed by atoms with Gasteiger partial charge in [0.2, 0.25) is 0 Å². The minimum absolute atomic E-state index is 0.101. The van der Waals surface area contributed by atoms with Gasteiger partial charge in [0, 0.05) is 4.70 Å². The summed E-state index contributed by atoms with van der Waals surface area (Å²) < 4.78 is 6.56. The number of thiophene rings is 1. The fourth-order valence-electron chi connectivity index (χ4n) is 1.53. The first-order chi connectivity index (χ1) is 7.40. The van der Waals surface area contributed by atoms with E-state index < -0.39 is 0 Å². The van der Waals surface area contributed by atoms with Gasteiger partial charge in [0.05, 0.1) is 19.8 Å². The standard InChI is InChI=1S/C12H14O2S/c13-5-7-14-6-3-10-1-2-12-11(9-10)4-8-15-12/h1-2,4,8-9,13H,3,5-7H2. The number of benzene rings is 1. The molecule has 0 saturated heterocycles. The van der Waals surface area contributed by atoms with E-state index in [1.54, 1.807) is 11.3 Å². The summed E-state index contributed by atoms with van der Waals surface area (Å²) in [5.41, 5.74) is 1.29. The molecule has 0 atom stereocenters. The molecule has 0 amide bonds. The van der Waals surface area contributed by atoms with E-state index in [1.807, 2.05) is 0 Å². The van der Waals surface area contributed by atoms with Crippen LogP contribution in [0.3, 0.4) is 0 Å². The molecule has 1 aromatic carbocycles. The summed E-state index contributed by atoms with van der Waals surface area (Å²) in [6.07, 6.45) is 0.909. The predicted octanol–water partition coefficient (Wildman–Crippen LogP) is 2.45. The van der Waals surface area contributed by atoms with Gasteiger partial charge in [0.1, 0.15) is 0 Å². The summed E-state index contributed by atoms with van der Waals surface area (Å²) >= 11 is 1.76. The lowest BCUT2D eigenvalue weighted by molar-refractivity contribution is 0.0944. The average molecular weight is 222 g/mol. The summed E-state index contributed by atoms with van der Waals surface area (Å²) in [4.78, 5) is 0. The Morgan fingerprint density at radius 3 is 3.00 bits per heavy atom. The van der Waals surface area contributed by atoms with Gasteiger partial charge in [-0.2, -0.15) is 0 Å². The highest BCUT2D eigenvalue weighted by Gasteiger charge is 1.97. The Bertz CT molecular complexity index is 422. The smallest absolute Gasteiger partial charge is 0.0697 e. The molecule has 0 aliphatic heterocycles. The third kappa shape index (κ3) is 2.78. The molecule has 15 heavy (non-hydrogen) atoms. The van der Waals surface area contributed by atoms with E-state index in [1.165, 1.54) is 15.6 Å². The molecule has 1 heterocycles. The molecule has 0 aliphatic rings. The zero-order valence-electron chi connectivity index (χ0n) is 8.48. The van der Waals surface area contributed by atoms with E-state index in [0.717, 1.165) is 6.42 Å². The molecule has 0 fully saturated rings. The zero-order chi connectivity index (χ0) is 10.5. The highest BCUT2D eigenvalue weighted by Crippen LogP contribution is 2.21. The molecule has 0 spiro atoms. The van der Waals surface area contributed by atoms with Crippen LogP contribution in [0.15, 0.2) is 29.6 Å². The van der Waals surface area contributed by atoms with Crippen molar-refractivity contribution in [2.24, 2.45) is 0 Å². The van der Waals surface area contributed by atoms with E-state index >= 15 is 0 Å². The second kappa shape index (κ2) is 5.26. The second-order valence-electron chi connectivity index (χ2n) is 3.38. The maximum atomic E-state index is 8.55. The molecular formula is C12H14O2S. The van der Waals surface area contributed by atoms with Gasteiger partial charge in [0.25, 0.3) is 0 Å². The van der Waals surface area contributed by atoms with Gasteiger partial charge in [-0.3, -0.25) is 0 Å². The molecule has 0 aliphatic carbocycles. The highest BCUT2D eigenvalue weighted by molar-refractivity contribution is 7.17. The molecule has 80 valence electrons. The van der Waals surface area contributed by atoms with Gasteiger partial charge >= 0.3 is 0 Å². The lowest BCUT2D eigenvalue weighted by Gasteiger charge is -2.02. The van der Waals surface area contributed by atoms with Crippen molar-refractivity contribution >= 4 is 21.4 Å². The Labute approximate surface area is 93.1 Å². The monoisotopic (exact) mass is 222 g/mol. The van der Waals surface area contributed by atoms with Gasteiger partial charge < -0.3 is 9.84 Å². The molecule has 0 saturated carbocycles. The molecule has 1 N–H and O–H groups in total. The Morgan fingerprint density at radius 1 is 1.20 bits per heavy atom. The number of ether oxygens (including phenoxy) is 1. The Balaban J connectivity index is 1.96. The van der Waals surface area contributed by atoms with Crippen LogP contribution < -0.4 is 0 Å². The molecular weight excluding hydrogens is 208 g/mol. The van der Waals surface area contributed by atoms with Crippen LogP contribution in [0.5, 0.6) is 0 Å². The first-order valence-electron chi connectivity index (χ1n) is 5.05. The highest BCUT2D eigenvalue weighted by atomic mass is 32.1. The van der Waals surface area contributed by atoms with Crippen LogP contribution >= 0.6 is 11.3 Å². The quantitative estimate of drug-likeness (QED) is 0.787. The van der Waals surface area contributed by atoms with Crippen LogP contribution in [-0.4, -0.2) is 24.9 Å². The first-order valence-corrected chi connectivity index (χ1v) is 5.93. The van der Waals surface area contributed by atoms with Crippen molar-refractivity contribution in [1.29, 1.82) is 0 Å². The molecule has 2 nitrogen and oxygen atoms in total. The van der Waals surface area contributed by atoms with Crippen molar-refractivity contribution < 1.29 is 9.84 Å². The van der Waals surface area contributed by atoms with Gasteiger partial charge in [0.15, 0.2) is 0 Å². The summed E-state index contributed by atoms with van der Waals surface area (Å²) in [6.45, 7) is 1.21. The van der Waals surface area contributed by atoms with E-state index in [-0.39, 0.29) is 6.61 Å². The van der Waals surface area contributed by atoms with Crippen molar-refractivity contribution in [3.8, 4) is 0 Å². The SMILES string of the molecule is OCCOCCc1ccc2sccc2c1. The van der Waals surface area contributed by atoms with Crippen molar-refractivity contribution in [3.63, 3.8) is 0 Å². The minimum atomic E-state index is 0.101.